The number of likely N-dealkylation sites (N-methyl/N-ethyl adjacent to an activating group) is 1. The van der Waals surface area contributed by atoms with Crippen molar-refractivity contribution in [1.82, 2.24) is 24.1 Å². The van der Waals surface area contributed by atoms with Gasteiger partial charge in [-0.3, -0.25) is 0 Å². The smallest absolute Gasteiger partial charge is 0.410 e. The Hall–Kier alpha value is -2.47. The van der Waals surface area contributed by atoms with Crippen LogP contribution in [-0.4, -0.2) is 83.3 Å². The van der Waals surface area contributed by atoms with E-state index in [1.807, 2.05) is 0 Å². The molecular weight excluding hydrogens is 402 g/mol. The first-order valence-corrected chi connectivity index (χ1v) is 10.8. The van der Waals surface area contributed by atoms with E-state index in [1.165, 1.54) is 17.3 Å². The Balaban J connectivity index is 1.81. The maximum absolute atomic E-state index is 11.9. The lowest BCUT2D eigenvalue weighted by molar-refractivity contribution is 0.0160. The second-order valence-electron chi connectivity index (χ2n) is 7.58. The predicted molar refractivity (Wildman–Crippen MR) is 105 cm³/mol. The SMILES string of the molecule is C[C@H](COCCN(C)C(=O)OC(C)(C)C)Oc1ncc2c(cnn2S(C)(=O)=O)n1. The fourth-order valence-corrected chi connectivity index (χ4v) is 2.92. The van der Waals surface area contributed by atoms with E-state index in [2.05, 4.69) is 15.1 Å². The topological polar surface area (TPSA) is 126 Å². The molecule has 0 aliphatic heterocycles. The Morgan fingerprint density at radius 3 is 2.62 bits per heavy atom. The standard InChI is InChI=1S/C17H27N5O6S/c1-12(11-26-8-7-21(5)16(23)28-17(2,3)4)27-15-18-10-14-13(20-15)9-19-22(14)29(6,24)25/h9-10,12H,7-8,11H2,1-6H3/t12-/m1/s1. The van der Waals surface area contributed by atoms with Crippen LogP contribution in [-0.2, 0) is 19.5 Å². The van der Waals surface area contributed by atoms with Crippen molar-refractivity contribution in [2.24, 2.45) is 0 Å². The quantitative estimate of drug-likeness (QED) is 0.570. The summed E-state index contributed by atoms with van der Waals surface area (Å²) < 4.78 is 40.5. The van der Waals surface area contributed by atoms with Crippen molar-refractivity contribution in [1.29, 1.82) is 0 Å². The summed E-state index contributed by atoms with van der Waals surface area (Å²) in [4.78, 5) is 21.5. The largest absolute Gasteiger partial charge is 0.458 e. The van der Waals surface area contributed by atoms with E-state index in [1.54, 1.807) is 34.7 Å². The molecule has 0 unspecified atom stereocenters. The molecule has 162 valence electrons. The van der Waals surface area contributed by atoms with Crippen LogP contribution >= 0.6 is 0 Å². The van der Waals surface area contributed by atoms with Crippen LogP contribution in [0, 0.1) is 0 Å². The molecule has 0 saturated carbocycles. The number of fused-ring (bicyclic) bond motifs is 1. The number of rotatable bonds is 8. The molecule has 0 spiro atoms. The number of ether oxygens (including phenoxy) is 3. The van der Waals surface area contributed by atoms with E-state index in [0.29, 0.717) is 18.7 Å². The number of carbonyl (C=O) groups excluding carboxylic acids is 1. The lowest BCUT2D eigenvalue weighted by Gasteiger charge is -2.24. The molecule has 2 rings (SSSR count). The number of aromatic nitrogens is 4. The Morgan fingerprint density at radius 2 is 2.00 bits per heavy atom. The van der Waals surface area contributed by atoms with Gasteiger partial charge in [0.1, 0.15) is 22.7 Å². The second-order valence-corrected chi connectivity index (χ2v) is 9.39. The summed E-state index contributed by atoms with van der Waals surface area (Å²) in [6.45, 7) is 8.13. The molecule has 0 fully saturated rings. The van der Waals surface area contributed by atoms with E-state index in [9.17, 15) is 13.2 Å². The summed E-state index contributed by atoms with van der Waals surface area (Å²) in [5, 5.41) is 3.80. The molecule has 12 heteroatoms. The molecule has 0 aliphatic rings. The first kappa shape index (κ1) is 22.8. The normalized spacial score (nSPS) is 13.3. The van der Waals surface area contributed by atoms with Gasteiger partial charge in [-0.2, -0.15) is 14.2 Å². The van der Waals surface area contributed by atoms with Gasteiger partial charge >= 0.3 is 12.1 Å². The van der Waals surface area contributed by atoms with Gasteiger partial charge in [0.05, 0.1) is 31.9 Å². The number of hydrogen-bond acceptors (Lipinski definition) is 9. The fourth-order valence-electron chi connectivity index (χ4n) is 2.20. The van der Waals surface area contributed by atoms with Crippen molar-refractivity contribution >= 4 is 27.1 Å². The molecule has 0 N–H and O–H groups in total. The van der Waals surface area contributed by atoms with Crippen LogP contribution in [0.4, 0.5) is 4.79 Å². The molecule has 0 aliphatic carbocycles. The molecular formula is C17H27N5O6S. The van der Waals surface area contributed by atoms with Crippen molar-refractivity contribution in [3.05, 3.63) is 12.4 Å². The minimum Gasteiger partial charge on any atom is -0.458 e. The number of nitrogens with zero attached hydrogens (tertiary/aromatic N) is 5. The lowest BCUT2D eigenvalue weighted by Crippen LogP contribution is -2.36. The second kappa shape index (κ2) is 8.91. The summed E-state index contributed by atoms with van der Waals surface area (Å²) in [5.74, 6) is 0. The molecule has 1 amide bonds. The van der Waals surface area contributed by atoms with Crippen molar-refractivity contribution in [3.8, 4) is 6.01 Å². The van der Waals surface area contributed by atoms with Gasteiger partial charge in [-0.1, -0.05) is 0 Å². The Labute approximate surface area is 170 Å². The Morgan fingerprint density at radius 1 is 1.31 bits per heavy atom. The summed E-state index contributed by atoms with van der Waals surface area (Å²) in [6.07, 6.45) is 2.95. The Bertz CT molecular complexity index is 953. The van der Waals surface area contributed by atoms with Crippen molar-refractivity contribution in [2.45, 2.75) is 39.4 Å². The molecule has 0 bridgehead atoms. The van der Waals surface area contributed by atoms with E-state index >= 15 is 0 Å². The van der Waals surface area contributed by atoms with E-state index in [4.69, 9.17) is 14.2 Å². The molecule has 2 aromatic heterocycles. The summed E-state index contributed by atoms with van der Waals surface area (Å²) in [6, 6.07) is 0.0903. The first-order chi connectivity index (χ1) is 13.4. The molecule has 2 heterocycles. The molecule has 0 aromatic carbocycles. The van der Waals surface area contributed by atoms with Crippen molar-refractivity contribution < 1.29 is 27.4 Å². The number of carbonyl (C=O) groups is 1. The maximum Gasteiger partial charge on any atom is 0.410 e. The third kappa shape index (κ3) is 6.82. The maximum atomic E-state index is 11.9. The average Bonchev–Trinajstić information content (AvgIpc) is 3.00. The summed E-state index contributed by atoms with van der Waals surface area (Å²) >= 11 is 0. The zero-order valence-corrected chi connectivity index (χ0v) is 18.3. The highest BCUT2D eigenvalue weighted by Crippen LogP contribution is 2.15. The number of amides is 1. The molecule has 0 radical (unpaired) electrons. The minimum absolute atomic E-state index is 0.0903. The van der Waals surface area contributed by atoms with Gasteiger partial charge in [-0.25, -0.2) is 18.2 Å². The van der Waals surface area contributed by atoms with E-state index in [0.717, 1.165) is 10.3 Å². The van der Waals surface area contributed by atoms with Crippen LogP contribution in [0.2, 0.25) is 0 Å². The number of hydrogen-bond donors (Lipinski definition) is 0. The Kier molecular flexibility index (Phi) is 7.01. The van der Waals surface area contributed by atoms with Gasteiger partial charge in [-0.15, -0.1) is 0 Å². The molecule has 29 heavy (non-hydrogen) atoms. The summed E-state index contributed by atoms with van der Waals surface area (Å²) in [5.41, 5.74) is 0.0782. The van der Waals surface area contributed by atoms with Gasteiger partial charge in [0, 0.05) is 13.6 Å². The zero-order chi connectivity index (χ0) is 21.8. The van der Waals surface area contributed by atoms with Gasteiger partial charge < -0.3 is 19.1 Å². The predicted octanol–water partition coefficient (Wildman–Crippen LogP) is 1.28. The van der Waals surface area contributed by atoms with Crippen LogP contribution in [0.15, 0.2) is 12.4 Å². The molecule has 2 aromatic rings. The molecule has 11 nitrogen and oxygen atoms in total. The van der Waals surface area contributed by atoms with Crippen molar-refractivity contribution in [3.63, 3.8) is 0 Å². The van der Waals surface area contributed by atoms with Crippen LogP contribution in [0.5, 0.6) is 6.01 Å². The van der Waals surface area contributed by atoms with Crippen LogP contribution in [0.3, 0.4) is 0 Å². The minimum atomic E-state index is -3.53. The van der Waals surface area contributed by atoms with E-state index in [-0.39, 0.29) is 24.2 Å². The highest BCUT2D eigenvalue weighted by atomic mass is 32.2. The monoisotopic (exact) mass is 429 g/mol. The van der Waals surface area contributed by atoms with Gasteiger partial charge in [0.2, 0.25) is 0 Å². The van der Waals surface area contributed by atoms with Gasteiger partial charge in [0.15, 0.2) is 0 Å². The van der Waals surface area contributed by atoms with Gasteiger partial charge in [-0.05, 0) is 27.7 Å². The summed E-state index contributed by atoms with van der Waals surface area (Å²) in [7, 11) is -1.90. The third-order valence-electron chi connectivity index (χ3n) is 3.52. The molecule has 0 saturated heterocycles. The van der Waals surface area contributed by atoms with E-state index < -0.39 is 21.7 Å². The van der Waals surface area contributed by atoms with Crippen LogP contribution in [0.1, 0.15) is 27.7 Å². The highest BCUT2D eigenvalue weighted by Gasteiger charge is 2.19. The van der Waals surface area contributed by atoms with Crippen LogP contribution < -0.4 is 4.74 Å². The average molecular weight is 429 g/mol. The molecule has 1 atom stereocenters. The lowest BCUT2D eigenvalue weighted by atomic mass is 10.2. The third-order valence-corrected chi connectivity index (χ3v) is 4.44. The van der Waals surface area contributed by atoms with Crippen LogP contribution in [0.25, 0.3) is 11.0 Å². The first-order valence-electron chi connectivity index (χ1n) is 8.96. The van der Waals surface area contributed by atoms with Crippen molar-refractivity contribution in [2.75, 3.05) is 33.1 Å². The fraction of sp³-hybridized carbons (Fsp3) is 0.647. The zero-order valence-electron chi connectivity index (χ0n) is 17.4. The highest BCUT2D eigenvalue weighted by molar-refractivity contribution is 7.89. The van der Waals surface area contributed by atoms with Gasteiger partial charge in [0.25, 0.3) is 10.0 Å².